The quantitative estimate of drug-likeness (QED) is 0.462. The zero-order valence-corrected chi connectivity index (χ0v) is 18.0. The van der Waals surface area contributed by atoms with Crippen LogP contribution in [-0.2, 0) is 6.42 Å². The van der Waals surface area contributed by atoms with Crippen molar-refractivity contribution in [1.29, 1.82) is 0 Å². The third-order valence-electron chi connectivity index (χ3n) is 5.69. The number of rotatable bonds is 5. The van der Waals surface area contributed by atoms with Crippen LogP contribution in [0.2, 0.25) is 0 Å². The molecule has 1 aliphatic rings. The van der Waals surface area contributed by atoms with E-state index in [-0.39, 0.29) is 12.2 Å². The summed E-state index contributed by atoms with van der Waals surface area (Å²) in [6.45, 7) is 3.98. The first-order valence-corrected chi connectivity index (χ1v) is 11.3. The second-order valence-corrected chi connectivity index (χ2v) is 8.93. The highest BCUT2D eigenvalue weighted by Crippen LogP contribution is 2.34. The number of carbonyl (C=O) groups is 1. The van der Waals surface area contributed by atoms with Gasteiger partial charge in [0.15, 0.2) is 5.78 Å². The van der Waals surface area contributed by atoms with E-state index in [1.807, 2.05) is 30.3 Å². The molecule has 1 saturated heterocycles. The van der Waals surface area contributed by atoms with Gasteiger partial charge in [-0.3, -0.25) is 9.78 Å². The zero-order valence-electron chi connectivity index (χ0n) is 17.2. The van der Waals surface area contributed by atoms with Crippen LogP contribution in [0.5, 0.6) is 0 Å². The Balaban J connectivity index is 1.36. The lowest BCUT2D eigenvalue weighted by atomic mass is 10.1. The minimum Gasteiger partial charge on any atom is -0.398 e. The van der Waals surface area contributed by atoms with Crippen LogP contribution >= 0.6 is 11.3 Å². The van der Waals surface area contributed by atoms with E-state index in [9.17, 15) is 4.79 Å². The molecule has 0 unspecified atom stereocenters. The molecule has 3 N–H and O–H groups in total. The molecule has 0 radical (unpaired) electrons. The second kappa shape index (κ2) is 8.49. The zero-order chi connectivity index (χ0) is 21.2. The largest absolute Gasteiger partial charge is 0.398 e. The van der Waals surface area contributed by atoms with Crippen molar-refractivity contribution in [1.82, 2.24) is 10.3 Å². The molecule has 0 bridgehead atoms. The van der Waals surface area contributed by atoms with Crippen LogP contribution in [0.15, 0.2) is 66.9 Å². The van der Waals surface area contributed by atoms with Crippen LogP contribution < -0.4 is 16.0 Å². The third-order valence-corrected chi connectivity index (χ3v) is 6.89. The summed E-state index contributed by atoms with van der Waals surface area (Å²) in [5.41, 5.74) is 10.7. The average molecular weight is 429 g/mol. The van der Waals surface area contributed by atoms with Gasteiger partial charge in [-0.25, -0.2) is 0 Å². The molecule has 156 valence electrons. The van der Waals surface area contributed by atoms with Gasteiger partial charge in [-0.2, -0.15) is 0 Å². The topological polar surface area (TPSA) is 71.2 Å². The molecule has 6 heteroatoms. The highest BCUT2D eigenvalue weighted by molar-refractivity contribution is 7.16. The number of Topliss-reactive ketones (excluding diaryl/α,β-unsaturated/α-hetero) is 1. The molecule has 2 aromatic carbocycles. The van der Waals surface area contributed by atoms with Crippen molar-refractivity contribution < 1.29 is 4.79 Å². The van der Waals surface area contributed by atoms with E-state index in [1.165, 1.54) is 5.69 Å². The minimum atomic E-state index is 0.0359. The minimum absolute atomic E-state index is 0.0359. The van der Waals surface area contributed by atoms with Gasteiger partial charge in [-0.05, 0) is 29.8 Å². The number of aromatic nitrogens is 1. The standard InChI is InChI=1S/C25H24N4OS/c26-21-14-24(17-4-2-1-3-5-17)31-25(21)15-23(30)19-12-18-6-7-20(13-22(18)28-16-19)29-10-8-27-9-11-29/h1-7,12-14,16,27H,8-11,15,26H2. The number of benzene rings is 2. The molecule has 31 heavy (non-hydrogen) atoms. The number of nitrogen functional groups attached to an aromatic ring is 1. The molecule has 3 heterocycles. The van der Waals surface area contributed by atoms with E-state index in [0.717, 1.165) is 52.4 Å². The fourth-order valence-corrected chi connectivity index (χ4v) is 5.04. The number of pyridine rings is 1. The third kappa shape index (κ3) is 4.17. The number of thiophene rings is 1. The van der Waals surface area contributed by atoms with Gasteiger partial charge < -0.3 is 16.0 Å². The van der Waals surface area contributed by atoms with Gasteiger partial charge in [0.2, 0.25) is 0 Å². The highest BCUT2D eigenvalue weighted by atomic mass is 32.1. The number of nitrogens with two attached hydrogens (primary N) is 1. The summed E-state index contributed by atoms with van der Waals surface area (Å²) in [7, 11) is 0. The summed E-state index contributed by atoms with van der Waals surface area (Å²) in [5.74, 6) is 0.0359. The first kappa shape index (κ1) is 19.7. The normalized spacial score (nSPS) is 14.1. The van der Waals surface area contributed by atoms with Gasteiger partial charge in [0.05, 0.1) is 5.52 Å². The number of carbonyl (C=O) groups excluding carboxylic acids is 1. The van der Waals surface area contributed by atoms with Crippen molar-refractivity contribution in [3.8, 4) is 10.4 Å². The maximum atomic E-state index is 13.0. The van der Waals surface area contributed by atoms with Gasteiger partial charge in [0.25, 0.3) is 0 Å². The Labute approximate surface area is 185 Å². The summed E-state index contributed by atoms with van der Waals surface area (Å²) in [6.07, 6.45) is 1.98. The average Bonchev–Trinajstić information content (AvgIpc) is 3.19. The van der Waals surface area contributed by atoms with Gasteiger partial charge in [0.1, 0.15) is 0 Å². The fourth-order valence-electron chi connectivity index (χ4n) is 3.96. The summed E-state index contributed by atoms with van der Waals surface area (Å²) in [6, 6.07) is 20.3. The predicted molar refractivity (Wildman–Crippen MR) is 129 cm³/mol. The Kier molecular flexibility index (Phi) is 5.40. The van der Waals surface area contributed by atoms with Crippen molar-refractivity contribution in [3.63, 3.8) is 0 Å². The maximum Gasteiger partial charge on any atom is 0.169 e. The van der Waals surface area contributed by atoms with Gasteiger partial charge >= 0.3 is 0 Å². The Morgan fingerprint density at radius 1 is 1.06 bits per heavy atom. The number of fused-ring (bicyclic) bond motifs is 1. The summed E-state index contributed by atoms with van der Waals surface area (Å²) < 4.78 is 0. The number of nitrogens with zero attached hydrogens (tertiary/aromatic N) is 2. The van der Waals surface area contributed by atoms with Crippen LogP contribution in [0.1, 0.15) is 15.2 Å². The summed E-state index contributed by atoms with van der Waals surface area (Å²) >= 11 is 1.58. The highest BCUT2D eigenvalue weighted by Gasteiger charge is 2.15. The molecule has 0 atom stereocenters. The Morgan fingerprint density at radius 2 is 1.87 bits per heavy atom. The molecule has 0 amide bonds. The number of anilines is 2. The van der Waals surface area contributed by atoms with Crippen LogP contribution in [-0.4, -0.2) is 36.9 Å². The van der Waals surface area contributed by atoms with E-state index in [4.69, 9.17) is 5.73 Å². The van der Waals surface area contributed by atoms with Crippen molar-refractivity contribution in [3.05, 3.63) is 77.3 Å². The van der Waals surface area contributed by atoms with E-state index in [2.05, 4.69) is 45.5 Å². The fraction of sp³-hybridized carbons (Fsp3) is 0.200. The molecule has 5 nitrogen and oxygen atoms in total. The van der Waals surface area contributed by atoms with Gasteiger partial charge in [-0.15, -0.1) is 11.3 Å². The molecule has 5 rings (SSSR count). The summed E-state index contributed by atoms with van der Waals surface area (Å²) in [5, 5.41) is 4.35. The Bertz CT molecular complexity index is 1230. The SMILES string of the molecule is Nc1cc(-c2ccccc2)sc1CC(=O)c1cnc2cc(N3CCNCC3)ccc2c1. The molecule has 0 aliphatic carbocycles. The molecule has 2 aromatic heterocycles. The van der Waals surface area contributed by atoms with Crippen molar-refractivity contribution >= 4 is 39.4 Å². The van der Waals surface area contributed by atoms with E-state index in [0.29, 0.717) is 11.3 Å². The molecule has 4 aromatic rings. The molecular weight excluding hydrogens is 404 g/mol. The van der Waals surface area contributed by atoms with Crippen molar-refractivity contribution in [2.75, 3.05) is 36.8 Å². The number of nitrogens with one attached hydrogen (secondary N) is 1. The number of piperazine rings is 1. The second-order valence-electron chi connectivity index (χ2n) is 7.79. The first-order valence-electron chi connectivity index (χ1n) is 10.5. The molecule has 1 aliphatic heterocycles. The predicted octanol–water partition coefficient (Wildman–Crippen LogP) is 4.38. The first-order chi connectivity index (χ1) is 15.2. The van der Waals surface area contributed by atoms with Crippen LogP contribution in [0, 0.1) is 0 Å². The summed E-state index contributed by atoms with van der Waals surface area (Å²) in [4.78, 5) is 21.9. The van der Waals surface area contributed by atoms with Gasteiger partial charge in [-0.1, -0.05) is 36.4 Å². The van der Waals surface area contributed by atoms with E-state index >= 15 is 0 Å². The number of ketones is 1. The van der Waals surface area contributed by atoms with Crippen LogP contribution in [0.3, 0.4) is 0 Å². The molecule has 0 spiro atoms. The smallest absolute Gasteiger partial charge is 0.169 e. The van der Waals surface area contributed by atoms with E-state index < -0.39 is 0 Å². The Morgan fingerprint density at radius 3 is 2.68 bits per heavy atom. The molecule has 0 saturated carbocycles. The van der Waals surface area contributed by atoms with Crippen LogP contribution in [0.25, 0.3) is 21.3 Å². The van der Waals surface area contributed by atoms with Crippen molar-refractivity contribution in [2.45, 2.75) is 6.42 Å². The maximum absolute atomic E-state index is 13.0. The van der Waals surface area contributed by atoms with Gasteiger partial charge in [0, 0.05) is 70.9 Å². The Hall–Kier alpha value is -3.22. The number of hydrogen-bond donors (Lipinski definition) is 2. The molecular formula is C25H24N4OS. The lowest BCUT2D eigenvalue weighted by Crippen LogP contribution is -2.43. The monoisotopic (exact) mass is 428 g/mol. The lowest BCUT2D eigenvalue weighted by molar-refractivity contribution is 0.0993. The lowest BCUT2D eigenvalue weighted by Gasteiger charge is -2.29. The van der Waals surface area contributed by atoms with Crippen LogP contribution in [0.4, 0.5) is 11.4 Å². The number of hydrogen-bond acceptors (Lipinski definition) is 6. The van der Waals surface area contributed by atoms with Crippen molar-refractivity contribution in [2.24, 2.45) is 0 Å². The van der Waals surface area contributed by atoms with E-state index in [1.54, 1.807) is 17.5 Å². The molecule has 1 fully saturated rings.